The molecule has 0 aliphatic heterocycles. The van der Waals surface area contributed by atoms with E-state index in [2.05, 4.69) is 15.0 Å². The minimum Gasteiger partial charge on any atom is -0.462 e. The number of aromatic nitrogens is 3. The van der Waals surface area contributed by atoms with Crippen molar-refractivity contribution < 1.29 is 9.53 Å². The maximum atomic E-state index is 12.0. The van der Waals surface area contributed by atoms with E-state index < -0.39 is 11.4 Å². The van der Waals surface area contributed by atoms with Crippen LogP contribution in [0, 0.1) is 6.92 Å². The molecule has 2 aromatic heterocycles. The summed E-state index contributed by atoms with van der Waals surface area (Å²) in [6.07, 6.45) is 2.72. The number of carbonyl (C=O) groups is 1. The van der Waals surface area contributed by atoms with Gasteiger partial charge in [-0.2, -0.15) is 0 Å². The Morgan fingerprint density at radius 2 is 2.29 bits per heavy atom. The number of pyridine rings is 1. The Morgan fingerprint density at radius 1 is 1.53 bits per heavy atom. The van der Waals surface area contributed by atoms with E-state index in [1.165, 1.54) is 12.4 Å². The molecule has 0 aliphatic carbocycles. The molecule has 0 saturated carbocycles. The average molecular weight is 233 g/mol. The molecule has 0 radical (unpaired) electrons. The highest BCUT2D eigenvalue weighted by Gasteiger charge is 2.14. The highest BCUT2D eigenvalue weighted by molar-refractivity contribution is 5.92. The smallest absolute Gasteiger partial charge is 0.343 e. The van der Waals surface area contributed by atoms with Gasteiger partial charge in [-0.05, 0) is 13.8 Å². The van der Waals surface area contributed by atoms with Crippen molar-refractivity contribution in [3.63, 3.8) is 0 Å². The predicted molar refractivity (Wildman–Crippen MR) is 60.9 cm³/mol. The third-order valence-corrected chi connectivity index (χ3v) is 2.25. The topological polar surface area (TPSA) is 84.9 Å². The zero-order valence-electron chi connectivity index (χ0n) is 9.48. The fourth-order valence-electron chi connectivity index (χ4n) is 1.46. The highest BCUT2D eigenvalue weighted by Crippen LogP contribution is 2.05. The quantitative estimate of drug-likeness (QED) is 0.775. The summed E-state index contributed by atoms with van der Waals surface area (Å²) >= 11 is 0. The molecule has 2 heterocycles. The molecule has 0 saturated heterocycles. The van der Waals surface area contributed by atoms with Crippen LogP contribution in [0.2, 0.25) is 0 Å². The standard InChI is InChI=1S/C11H11N3O3/c1-3-17-11(16)8-5-13-10-7(9(8)15)4-12-6(2)14-10/h4-5H,3H2,1-2H3,(H,12,13,14,15). The second-order valence-electron chi connectivity index (χ2n) is 3.43. The molecule has 0 atom stereocenters. The molecule has 88 valence electrons. The number of hydrogen-bond donors (Lipinski definition) is 1. The molecule has 6 heteroatoms. The summed E-state index contributed by atoms with van der Waals surface area (Å²) in [7, 11) is 0. The molecule has 0 amide bonds. The van der Waals surface area contributed by atoms with Crippen molar-refractivity contribution in [2.24, 2.45) is 0 Å². The minimum atomic E-state index is -0.642. The van der Waals surface area contributed by atoms with Crippen LogP contribution in [-0.2, 0) is 4.74 Å². The second kappa shape index (κ2) is 4.32. The van der Waals surface area contributed by atoms with Crippen LogP contribution in [0.3, 0.4) is 0 Å². The largest absolute Gasteiger partial charge is 0.462 e. The number of esters is 1. The molecule has 0 bridgehead atoms. The summed E-state index contributed by atoms with van der Waals surface area (Å²) < 4.78 is 4.78. The number of nitrogens with zero attached hydrogens (tertiary/aromatic N) is 2. The molecule has 0 spiro atoms. The zero-order valence-corrected chi connectivity index (χ0v) is 9.48. The molecule has 2 rings (SSSR count). The number of carbonyl (C=O) groups excluding carboxylic acids is 1. The average Bonchev–Trinajstić information content (AvgIpc) is 2.29. The number of fused-ring (bicyclic) bond motifs is 1. The lowest BCUT2D eigenvalue weighted by Gasteiger charge is -2.02. The van der Waals surface area contributed by atoms with Crippen LogP contribution in [0.5, 0.6) is 0 Å². The predicted octanol–water partition coefficient (Wildman–Crippen LogP) is 0.803. The van der Waals surface area contributed by atoms with Crippen LogP contribution in [-0.4, -0.2) is 27.5 Å². The summed E-state index contributed by atoms with van der Waals surface area (Å²) in [5, 5.41) is 0.279. The number of hydrogen-bond acceptors (Lipinski definition) is 5. The summed E-state index contributed by atoms with van der Waals surface area (Å²) in [6.45, 7) is 3.62. The SMILES string of the molecule is CCOC(=O)c1c[nH]c2nc(C)ncc2c1=O. The Bertz CT molecular complexity index is 633. The first-order valence-electron chi connectivity index (χ1n) is 5.15. The van der Waals surface area contributed by atoms with Crippen molar-refractivity contribution in [3.05, 3.63) is 34.0 Å². The van der Waals surface area contributed by atoms with Crippen molar-refractivity contribution in [3.8, 4) is 0 Å². The Labute approximate surface area is 96.7 Å². The molecule has 17 heavy (non-hydrogen) atoms. The van der Waals surface area contributed by atoms with Crippen LogP contribution in [0.1, 0.15) is 23.1 Å². The van der Waals surface area contributed by atoms with Crippen LogP contribution in [0.15, 0.2) is 17.2 Å². The summed E-state index contributed by atoms with van der Waals surface area (Å²) in [5.41, 5.74) is -0.0421. The van der Waals surface area contributed by atoms with E-state index in [0.29, 0.717) is 11.5 Å². The van der Waals surface area contributed by atoms with Gasteiger partial charge in [0.1, 0.15) is 17.0 Å². The molecular weight excluding hydrogens is 222 g/mol. The van der Waals surface area contributed by atoms with Gasteiger partial charge in [-0.3, -0.25) is 4.79 Å². The molecule has 1 N–H and O–H groups in total. The van der Waals surface area contributed by atoms with E-state index in [1.807, 2.05) is 0 Å². The maximum Gasteiger partial charge on any atom is 0.343 e. The van der Waals surface area contributed by atoms with Crippen molar-refractivity contribution in [1.82, 2.24) is 15.0 Å². The number of aromatic amines is 1. The van der Waals surface area contributed by atoms with Gasteiger partial charge in [0.05, 0.1) is 12.0 Å². The van der Waals surface area contributed by atoms with Crippen LogP contribution >= 0.6 is 0 Å². The normalized spacial score (nSPS) is 10.5. The second-order valence-corrected chi connectivity index (χ2v) is 3.43. The Kier molecular flexibility index (Phi) is 2.86. The van der Waals surface area contributed by atoms with Gasteiger partial charge in [0.15, 0.2) is 0 Å². The number of ether oxygens (including phenoxy) is 1. The van der Waals surface area contributed by atoms with Gasteiger partial charge in [-0.25, -0.2) is 14.8 Å². The molecule has 0 aromatic carbocycles. The molecule has 0 unspecified atom stereocenters. The number of nitrogens with one attached hydrogen (secondary N) is 1. The first-order chi connectivity index (χ1) is 8.13. The monoisotopic (exact) mass is 233 g/mol. The van der Waals surface area contributed by atoms with Crippen LogP contribution in [0.25, 0.3) is 11.0 Å². The third-order valence-electron chi connectivity index (χ3n) is 2.25. The lowest BCUT2D eigenvalue weighted by Crippen LogP contribution is -2.18. The van der Waals surface area contributed by atoms with E-state index in [1.54, 1.807) is 13.8 Å². The molecule has 0 fully saturated rings. The van der Waals surface area contributed by atoms with Gasteiger partial charge in [0, 0.05) is 12.4 Å². The number of rotatable bonds is 2. The molecule has 2 aromatic rings. The van der Waals surface area contributed by atoms with Crippen molar-refractivity contribution in [1.29, 1.82) is 0 Å². The van der Waals surface area contributed by atoms with E-state index >= 15 is 0 Å². The molecule has 0 aliphatic rings. The van der Waals surface area contributed by atoms with Crippen molar-refractivity contribution in [2.45, 2.75) is 13.8 Å². The Hall–Kier alpha value is -2.24. The van der Waals surface area contributed by atoms with Crippen molar-refractivity contribution in [2.75, 3.05) is 6.61 Å². The fourth-order valence-corrected chi connectivity index (χ4v) is 1.46. The zero-order chi connectivity index (χ0) is 12.4. The summed E-state index contributed by atoms with van der Waals surface area (Å²) in [4.78, 5) is 34.2. The van der Waals surface area contributed by atoms with Gasteiger partial charge < -0.3 is 9.72 Å². The van der Waals surface area contributed by atoms with E-state index in [4.69, 9.17) is 4.74 Å². The van der Waals surface area contributed by atoms with Gasteiger partial charge in [-0.1, -0.05) is 0 Å². The maximum absolute atomic E-state index is 12.0. The van der Waals surface area contributed by atoms with Crippen LogP contribution < -0.4 is 5.43 Å². The van der Waals surface area contributed by atoms with Gasteiger partial charge in [0.2, 0.25) is 5.43 Å². The van der Waals surface area contributed by atoms with Gasteiger partial charge in [-0.15, -0.1) is 0 Å². The van der Waals surface area contributed by atoms with Gasteiger partial charge >= 0.3 is 5.97 Å². The first kappa shape index (κ1) is 11.3. The summed E-state index contributed by atoms with van der Waals surface area (Å²) in [5.74, 6) is -0.0896. The highest BCUT2D eigenvalue weighted by atomic mass is 16.5. The Morgan fingerprint density at radius 3 is 3.00 bits per heavy atom. The first-order valence-corrected chi connectivity index (χ1v) is 5.15. The minimum absolute atomic E-state index is 0.0354. The van der Waals surface area contributed by atoms with Crippen molar-refractivity contribution >= 4 is 17.0 Å². The van der Waals surface area contributed by atoms with Gasteiger partial charge in [0.25, 0.3) is 0 Å². The van der Waals surface area contributed by atoms with Crippen LogP contribution in [0.4, 0.5) is 0 Å². The third kappa shape index (κ3) is 2.01. The lowest BCUT2D eigenvalue weighted by atomic mass is 10.2. The summed E-state index contributed by atoms with van der Waals surface area (Å²) in [6, 6.07) is 0. The lowest BCUT2D eigenvalue weighted by molar-refractivity contribution is 0.0524. The van der Waals surface area contributed by atoms with E-state index in [9.17, 15) is 9.59 Å². The van der Waals surface area contributed by atoms with E-state index in [-0.39, 0.29) is 17.6 Å². The molecule has 6 nitrogen and oxygen atoms in total. The molecular formula is C11H11N3O3. The fraction of sp³-hybridized carbons (Fsp3) is 0.273. The van der Waals surface area contributed by atoms with E-state index in [0.717, 1.165) is 0 Å². The number of aryl methyl sites for hydroxylation is 1. The number of H-pyrrole nitrogens is 1. The Balaban J connectivity index is 2.62.